The lowest BCUT2D eigenvalue weighted by Gasteiger charge is -2.26. The average Bonchev–Trinajstić information content (AvgIpc) is 2.84. The van der Waals surface area contributed by atoms with E-state index >= 15 is 0 Å². The van der Waals surface area contributed by atoms with Gasteiger partial charge in [-0.15, -0.1) is 0 Å². The van der Waals surface area contributed by atoms with Crippen LogP contribution in [0.3, 0.4) is 0 Å². The van der Waals surface area contributed by atoms with Crippen LogP contribution in [0.2, 0.25) is 0 Å². The van der Waals surface area contributed by atoms with Crippen molar-refractivity contribution < 1.29 is 19.5 Å². The van der Waals surface area contributed by atoms with Gasteiger partial charge in [0.25, 0.3) is 11.8 Å². The van der Waals surface area contributed by atoms with E-state index in [1.807, 2.05) is 30.3 Å². The van der Waals surface area contributed by atoms with Crippen LogP contribution in [0.1, 0.15) is 26.3 Å². The van der Waals surface area contributed by atoms with Gasteiger partial charge in [-0.05, 0) is 17.7 Å². The van der Waals surface area contributed by atoms with E-state index in [1.54, 1.807) is 12.1 Å². The van der Waals surface area contributed by atoms with E-state index in [2.05, 4.69) is 0 Å². The average molecular weight is 340 g/mol. The van der Waals surface area contributed by atoms with Gasteiger partial charge in [0.2, 0.25) is 0 Å². The molecule has 6 heteroatoms. The summed E-state index contributed by atoms with van der Waals surface area (Å²) in [4.78, 5) is 37.1. The van der Waals surface area contributed by atoms with Crippen LogP contribution in [0.25, 0.3) is 0 Å². The van der Waals surface area contributed by atoms with E-state index in [9.17, 15) is 19.5 Å². The Morgan fingerprint density at radius 1 is 0.958 bits per heavy atom. The Kier molecular flexibility index (Phi) is 4.66. The Morgan fingerprint density at radius 3 is 2.04 bits per heavy atom. The molecule has 0 N–H and O–H groups in total. The second-order valence-electron chi connectivity index (χ2n) is 5.36. The highest BCUT2D eigenvalue weighted by Crippen LogP contribution is 2.26. The molecule has 0 fully saturated rings. The molecule has 0 aliphatic carbocycles. The summed E-state index contributed by atoms with van der Waals surface area (Å²) in [7, 11) is 0. The lowest BCUT2D eigenvalue weighted by molar-refractivity contribution is -0.309. The van der Waals surface area contributed by atoms with Crippen molar-refractivity contribution in [2.45, 2.75) is 11.8 Å². The predicted molar refractivity (Wildman–Crippen MR) is 88.3 cm³/mol. The maximum absolute atomic E-state index is 12.4. The van der Waals surface area contributed by atoms with Crippen LogP contribution < -0.4 is 5.11 Å². The van der Waals surface area contributed by atoms with Crippen LogP contribution in [0.4, 0.5) is 0 Å². The molecule has 1 atom stereocenters. The summed E-state index contributed by atoms with van der Waals surface area (Å²) in [5.41, 5.74) is 1.52. The van der Waals surface area contributed by atoms with Gasteiger partial charge in [-0.25, -0.2) is 0 Å². The molecule has 1 aliphatic heterocycles. The Balaban J connectivity index is 1.74. The summed E-state index contributed by atoms with van der Waals surface area (Å²) in [5.74, 6) is -1.91. The molecule has 2 aromatic rings. The van der Waals surface area contributed by atoms with E-state index in [1.165, 1.54) is 23.9 Å². The molecule has 1 heterocycles. The summed E-state index contributed by atoms with van der Waals surface area (Å²) < 4.78 is 0. The number of rotatable bonds is 6. The SMILES string of the molecule is O=C([O-])C(CSCc1ccccc1)N1C(=O)c2ccccc2C1=O. The van der Waals surface area contributed by atoms with Crippen molar-refractivity contribution in [3.05, 3.63) is 71.3 Å². The summed E-state index contributed by atoms with van der Waals surface area (Å²) in [6.45, 7) is 0. The van der Waals surface area contributed by atoms with Crippen molar-refractivity contribution in [2.24, 2.45) is 0 Å². The minimum Gasteiger partial charge on any atom is -0.548 e. The van der Waals surface area contributed by atoms with Crippen LogP contribution in [-0.4, -0.2) is 34.5 Å². The highest BCUT2D eigenvalue weighted by atomic mass is 32.2. The summed E-state index contributed by atoms with van der Waals surface area (Å²) in [5, 5.41) is 11.5. The van der Waals surface area contributed by atoms with Gasteiger partial charge in [0.05, 0.1) is 23.1 Å². The van der Waals surface area contributed by atoms with Crippen LogP contribution >= 0.6 is 11.8 Å². The molecule has 0 aromatic heterocycles. The number of hydrogen-bond donors (Lipinski definition) is 0. The number of hydrogen-bond acceptors (Lipinski definition) is 5. The smallest absolute Gasteiger partial charge is 0.262 e. The molecule has 1 unspecified atom stereocenters. The normalized spacial score (nSPS) is 14.6. The highest BCUT2D eigenvalue weighted by molar-refractivity contribution is 7.98. The molecule has 0 saturated carbocycles. The number of carboxylic acids is 1. The lowest BCUT2D eigenvalue weighted by atomic mass is 10.1. The molecule has 0 saturated heterocycles. The standard InChI is InChI=1S/C18H15NO4S/c20-16-13-8-4-5-9-14(13)17(21)19(16)15(18(22)23)11-24-10-12-6-2-1-3-7-12/h1-9,15H,10-11H2,(H,22,23)/p-1. The van der Waals surface area contributed by atoms with E-state index in [0.717, 1.165) is 10.5 Å². The fourth-order valence-corrected chi connectivity index (χ4v) is 3.66. The van der Waals surface area contributed by atoms with Gasteiger partial charge in [-0.3, -0.25) is 14.5 Å². The number of thioether (sulfide) groups is 1. The molecule has 0 radical (unpaired) electrons. The quantitative estimate of drug-likeness (QED) is 0.742. The largest absolute Gasteiger partial charge is 0.548 e. The zero-order valence-corrected chi connectivity index (χ0v) is 13.5. The Bertz CT molecular complexity index is 756. The van der Waals surface area contributed by atoms with Crippen molar-refractivity contribution in [3.8, 4) is 0 Å². The summed E-state index contributed by atoms with van der Waals surface area (Å²) in [6.07, 6.45) is 0. The van der Waals surface area contributed by atoms with Gasteiger partial charge in [0.1, 0.15) is 0 Å². The first-order valence-corrected chi connectivity index (χ1v) is 8.54. The maximum atomic E-state index is 12.4. The fourth-order valence-electron chi connectivity index (χ4n) is 2.60. The number of fused-ring (bicyclic) bond motifs is 1. The first kappa shape index (κ1) is 16.3. The second-order valence-corrected chi connectivity index (χ2v) is 6.39. The van der Waals surface area contributed by atoms with Crippen LogP contribution in [0, 0.1) is 0 Å². The number of aliphatic carboxylic acids is 1. The number of imide groups is 1. The van der Waals surface area contributed by atoms with Gasteiger partial charge in [0, 0.05) is 11.5 Å². The van der Waals surface area contributed by atoms with Gasteiger partial charge < -0.3 is 9.90 Å². The fraction of sp³-hybridized carbons (Fsp3) is 0.167. The van der Waals surface area contributed by atoms with Crippen molar-refractivity contribution in [3.63, 3.8) is 0 Å². The third-order valence-electron chi connectivity index (χ3n) is 3.80. The molecule has 0 bridgehead atoms. The number of carbonyl (C=O) groups excluding carboxylic acids is 3. The minimum atomic E-state index is -1.43. The van der Waals surface area contributed by atoms with Crippen molar-refractivity contribution in [2.75, 3.05) is 5.75 Å². The molecular formula is C18H14NO4S-. The third-order valence-corrected chi connectivity index (χ3v) is 4.89. The number of carboxylic acid groups (broad SMARTS) is 1. The molecule has 0 spiro atoms. The number of amides is 2. The maximum Gasteiger partial charge on any atom is 0.262 e. The van der Waals surface area contributed by atoms with Gasteiger partial charge in [0.15, 0.2) is 0 Å². The third kappa shape index (κ3) is 3.05. The topological polar surface area (TPSA) is 77.5 Å². The first-order valence-electron chi connectivity index (χ1n) is 7.39. The molecule has 2 aromatic carbocycles. The molecule has 122 valence electrons. The lowest BCUT2D eigenvalue weighted by Crippen LogP contribution is -2.52. The van der Waals surface area contributed by atoms with Gasteiger partial charge >= 0.3 is 0 Å². The zero-order valence-electron chi connectivity index (χ0n) is 12.7. The Morgan fingerprint density at radius 2 is 1.50 bits per heavy atom. The van der Waals surface area contributed by atoms with Crippen molar-refractivity contribution in [1.82, 2.24) is 4.90 Å². The van der Waals surface area contributed by atoms with Crippen LogP contribution in [0.15, 0.2) is 54.6 Å². The van der Waals surface area contributed by atoms with Crippen molar-refractivity contribution >= 4 is 29.5 Å². The molecule has 5 nitrogen and oxygen atoms in total. The second kappa shape index (κ2) is 6.88. The summed E-state index contributed by atoms with van der Waals surface area (Å²) in [6, 6.07) is 14.6. The Hall–Kier alpha value is -2.60. The Labute approximate surface area is 143 Å². The summed E-state index contributed by atoms with van der Waals surface area (Å²) >= 11 is 1.35. The zero-order chi connectivity index (χ0) is 17.1. The number of benzene rings is 2. The number of nitrogens with zero attached hydrogens (tertiary/aromatic N) is 1. The predicted octanol–water partition coefficient (Wildman–Crippen LogP) is 1.33. The molecular weight excluding hydrogens is 326 g/mol. The first-order chi connectivity index (χ1) is 11.6. The van der Waals surface area contributed by atoms with Crippen LogP contribution in [-0.2, 0) is 10.5 Å². The van der Waals surface area contributed by atoms with Gasteiger partial charge in [-0.1, -0.05) is 42.5 Å². The van der Waals surface area contributed by atoms with E-state index in [0.29, 0.717) is 5.75 Å². The van der Waals surface area contributed by atoms with E-state index in [-0.39, 0.29) is 16.9 Å². The molecule has 3 rings (SSSR count). The monoisotopic (exact) mass is 340 g/mol. The van der Waals surface area contributed by atoms with Crippen molar-refractivity contribution in [1.29, 1.82) is 0 Å². The van der Waals surface area contributed by atoms with Crippen LogP contribution in [0.5, 0.6) is 0 Å². The molecule has 2 amide bonds. The van der Waals surface area contributed by atoms with Gasteiger partial charge in [-0.2, -0.15) is 11.8 Å². The molecule has 1 aliphatic rings. The highest BCUT2D eigenvalue weighted by Gasteiger charge is 2.40. The van der Waals surface area contributed by atoms with E-state index in [4.69, 9.17) is 0 Å². The van der Waals surface area contributed by atoms with E-state index < -0.39 is 23.8 Å². The minimum absolute atomic E-state index is 0.0860. The number of carbonyl (C=O) groups is 3. The molecule has 24 heavy (non-hydrogen) atoms.